The molecule has 2 N–H and O–H groups in total. The Morgan fingerprint density at radius 2 is 2.11 bits per heavy atom. The maximum atomic E-state index is 10.0. The minimum absolute atomic E-state index is 0.331. The van der Waals surface area contributed by atoms with Crippen molar-refractivity contribution in [1.29, 1.82) is 0 Å². The van der Waals surface area contributed by atoms with E-state index in [2.05, 4.69) is 0 Å². The van der Waals surface area contributed by atoms with Crippen molar-refractivity contribution in [3.8, 4) is 11.5 Å². The van der Waals surface area contributed by atoms with E-state index < -0.39 is 18.0 Å². The van der Waals surface area contributed by atoms with Gasteiger partial charge >= 0.3 is 0 Å². The highest BCUT2D eigenvalue weighted by atomic mass is 16.6. The molecule has 19 heavy (non-hydrogen) atoms. The van der Waals surface area contributed by atoms with Gasteiger partial charge in [-0.2, -0.15) is 0 Å². The Morgan fingerprint density at radius 1 is 1.37 bits per heavy atom. The molecule has 4 atom stereocenters. The molecule has 5 nitrogen and oxygen atoms in total. The van der Waals surface area contributed by atoms with Gasteiger partial charge in [-0.1, -0.05) is 0 Å². The zero-order valence-electron chi connectivity index (χ0n) is 11.2. The first-order valence-corrected chi connectivity index (χ1v) is 6.34. The third kappa shape index (κ3) is 1.81. The summed E-state index contributed by atoms with van der Waals surface area (Å²) in [7, 11) is 1.59. The van der Waals surface area contributed by atoms with Crippen molar-refractivity contribution in [1.82, 2.24) is 0 Å². The van der Waals surface area contributed by atoms with Gasteiger partial charge in [-0.05, 0) is 31.5 Å². The van der Waals surface area contributed by atoms with Crippen LogP contribution in [0.3, 0.4) is 0 Å². The predicted octanol–water partition coefficient (Wildman–Crippen LogP) is 1.30. The van der Waals surface area contributed by atoms with Gasteiger partial charge in [-0.15, -0.1) is 0 Å². The number of aliphatic hydroxyl groups excluding tert-OH is 2. The predicted molar refractivity (Wildman–Crippen MR) is 67.2 cm³/mol. The van der Waals surface area contributed by atoms with E-state index in [0.29, 0.717) is 17.9 Å². The quantitative estimate of drug-likeness (QED) is 0.802. The average molecular weight is 266 g/mol. The Morgan fingerprint density at radius 3 is 2.79 bits per heavy atom. The molecule has 104 valence electrons. The Balaban J connectivity index is 2.14. The zero-order chi connectivity index (χ0) is 13.8. The van der Waals surface area contributed by atoms with Gasteiger partial charge in [-0.3, -0.25) is 0 Å². The van der Waals surface area contributed by atoms with Gasteiger partial charge in [0.15, 0.2) is 6.29 Å². The van der Waals surface area contributed by atoms with Crippen LogP contribution >= 0.6 is 0 Å². The molecule has 3 rings (SSSR count). The second-order valence-corrected chi connectivity index (χ2v) is 5.46. The molecule has 0 spiro atoms. The topological polar surface area (TPSA) is 68.2 Å². The largest absolute Gasteiger partial charge is 0.496 e. The number of benzene rings is 1. The smallest absolute Gasteiger partial charge is 0.185 e. The molecule has 5 heteroatoms. The van der Waals surface area contributed by atoms with E-state index in [1.165, 1.54) is 0 Å². The lowest BCUT2D eigenvalue weighted by Gasteiger charge is -2.48. The number of hydrogen-bond acceptors (Lipinski definition) is 5. The highest BCUT2D eigenvalue weighted by Crippen LogP contribution is 2.51. The number of methoxy groups -OCH3 is 1. The fourth-order valence-corrected chi connectivity index (χ4v) is 2.91. The molecule has 0 radical (unpaired) electrons. The molecule has 0 amide bonds. The third-order valence-electron chi connectivity index (χ3n) is 3.92. The summed E-state index contributed by atoms with van der Waals surface area (Å²) in [5, 5.41) is 19.8. The van der Waals surface area contributed by atoms with E-state index in [-0.39, 0.29) is 6.10 Å². The van der Waals surface area contributed by atoms with Crippen LogP contribution in [-0.4, -0.2) is 35.3 Å². The summed E-state index contributed by atoms with van der Waals surface area (Å²) in [6.45, 7) is 3.74. The van der Waals surface area contributed by atoms with Crippen LogP contribution in [0.1, 0.15) is 30.6 Å². The van der Waals surface area contributed by atoms with Crippen molar-refractivity contribution >= 4 is 0 Å². The van der Waals surface area contributed by atoms with E-state index in [4.69, 9.17) is 14.2 Å². The number of hydrogen-bond donors (Lipinski definition) is 2. The van der Waals surface area contributed by atoms with E-state index in [1.807, 2.05) is 19.1 Å². The number of aliphatic hydroxyl groups is 2. The van der Waals surface area contributed by atoms with Crippen LogP contribution in [0.2, 0.25) is 0 Å². The molecule has 2 heterocycles. The number of rotatable bonds is 1. The molecule has 0 saturated carbocycles. The first kappa shape index (κ1) is 12.7. The molecular weight excluding hydrogens is 248 g/mol. The minimum Gasteiger partial charge on any atom is -0.496 e. The highest BCUT2D eigenvalue weighted by molar-refractivity contribution is 5.51. The van der Waals surface area contributed by atoms with Gasteiger partial charge in [0.25, 0.3) is 0 Å². The van der Waals surface area contributed by atoms with Crippen LogP contribution in [0.25, 0.3) is 0 Å². The zero-order valence-corrected chi connectivity index (χ0v) is 11.2. The lowest BCUT2D eigenvalue weighted by Crippen LogP contribution is -2.58. The van der Waals surface area contributed by atoms with Crippen LogP contribution in [0.15, 0.2) is 12.1 Å². The molecule has 2 aliphatic heterocycles. The van der Waals surface area contributed by atoms with Crippen LogP contribution < -0.4 is 9.47 Å². The first-order valence-electron chi connectivity index (χ1n) is 6.34. The molecule has 0 aliphatic carbocycles. The fourth-order valence-electron chi connectivity index (χ4n) is 2.91. The standard InChI is InChI=1S/C14H18O5/c1-7-4-8(17-3)11-9(5-7)19-14(2)6-10(11)18-13(16)12(14)15/h4-5,10,12-13,15-16H,6H2,1-3H3/t10-,12-,13-,14-/m0/s1. The molecule has 0 unspecified atom stereocenters. The summed E-state index contributed by atoms with van der Waals surface area (Å²) in [6, 6.07) is 3.81. The maximum Gasteiger partial charge on any atom is 0.185 e. The van der Waals surface area contributed by atoms with Crippen molar-refractivity contribution in [3.63, 3.8) is 0 Å². The molecule has 2 aliphatic rings. The number of fused-ring (bicyclic) bond motifs is 4. The second kappa shape index (κ2) is 4.10. The summed E-state index contributed by atoms with van der Waals surface area (Å²) in [5.74, 6) is 1.34. The Kier molecular flexibility index (Phi) is 2.74. The van der Waals surface area contributed by atoms with Gasteiger partial charge in [0, 0.05) is 6.42 Å². The van der Waals surface area contributed by atoms with Crippen molar-refractivity contribution in [2.45, 2.75) is 44.4 Å². The van der Waals surface area contributed by atoms with E-state index >= 15 is 0 Å². The monoisotopic (exact) mass is 266 g/mol. The van der Waals surface area contributed by atoms with Crippen LogP contribution in [0.4, 0.5) is 0 Å². The summed E-state index contributed by atoms with van der Waals surface area (Å²) in [5.41, 5.74) is 0.972. The fraction of sp³-hybridized carbons (Fsp3) is 0.571. The molecule has 1 saturated heterocycles. The van der Waals surface area contributed by atoms with Crippen molar-refractivity contribution in [3.05, 3.63) is 23.3 Å². The Bertz CT molecular complexity index is 515. The van der Waals surface area contributed by atoms with Crippen molar-refractivity contribution < 1.29 is 24.4 Å². The third-order valence-corrected chi connectivity index (χ3v) is 3.92. The number of ether oxygens (including phenoxy) is 3. The normalized spacial score (nSPS) is 36.4. The van der Waals surface area contributed by atoms with Gasteiger partial charge in [0.05, 0.1) is 18.8 Å². The molecular formula is C14H18O5. The lowest BCUT2D eigenvalue weighted by atomic mass is 9.82. The molecule has 1 aromatic rings. The summed E-state index contributed by atoms with van der Waals surface area (Å²) < 4.78 is 16.8. The second-order valence-electron chi connectivity index (χ2n) is 5.46. The van der Waals surface area contributed by atoms with Crippen molar-refractivity contribution in [2.75, 3.05) is 7.11 Å². The highest BCUT2D eigenvalue weighted by Gasteiger charge is 2.52. The molecule has 2 bridgehead atoms. The van der Waals surface area contributed by atoms with Crippen LogP contribution in [0.5, 0.6) is 11.5 Å². The van der Waals surface area contributed by atoms with Gasteiger partial charge in [0.2, 0.25) is 0 Å². The minimum atomic E-state index is -1.25. The summed E-state index contributed by atoms with van der Waals surface area (Å²) >= 11 is 0. The van der Waals surface area contributed by atoms with Gasteiger partial charge in [0.1, 0.15) is 23.2 Å². The van der Waals surface area contributed by atoms with Gasteiger partial charge in [-0.25, -0.2) is 0 Å². The summed E-state index contributed by atoms with van der Waals surface area (Å²) in [4.78, 5) is 0. The van der Waals surface area contributed by atoms with Gasteiger partial charge < -0.3 is 24.4 Å². The average Bonchev–Trinajstić information content (AvgIpc) is 2.34. The molecule has 1 fully saturated rings. The van der Waals surface area contributed by atoms with Crippen molar-refractivity contribution in [2.24, 2.45) is 0 Å². The Labute approximate surface area is 111 Å². The van der Waals surface area contributed by atoms with Crippen LogP contribution in [-0.2, 0) is 4.74 Å². The van der Waals surface area contributed by atoms with E-state index in [0.717, 1.165) is 11.1 Å². The SMILES string of the molecule is COc1cc(C)cc2c1[C@@H]1C[C@](C)(O2)[C@@H](O)[C@@H](O)O1. The van der Waals surface area contributed by atoms with E-state index in [1.54, 1.807) is 14.0 Å². The molecule has 0 aromatic heterocycles. The Hall–Kier alpha value is -1.30. The lowest BCUT2D eigenvalue weighted by molar-refractivity contribution is -0.279. The van der Waals surface area contributed by atoms with Crippen LogP contribution in [0, 0.1) is 6.92 Å². The maximum absolute atomic E-state index is 10.0. The number of aryl methyl sites for hydroxylation is 1. The first-order chi connectivity index (χ1) is 8.94. The summed E-state index contributed by atoms with van der Waals surface area (Å²) in [6.07, 6.45) is -2.16. The molecule has 1 aromatic carbocycles. The van der Waals surface area contributed by atoms with E-state index in [9.17, 15) is 10.2 Å².